The summed E-state index contributed by atoms with van der Waals surface area (Å²) in [4.78, 5) is 0. The fourth-order valence-electron chi connectivity index (χ4n) is 2.92. The maximum Gasteiger partial charge on any atom is 0.123 e. The topological polar surface area (TPSA) is 32.3 Å². The van der Waals surface area contributed by atoms with Gasteiger partial charge in [-0.25, -0.2) is 4.39 Å². The minimum atomic E-state index is -0.173. The predicted molar refractivity (Wildman–Crippen MR) is 78.7 cm³/mol. The van der Waals surface area contributed by atoms with Crippen molar-refractivity contribution in [2.45, 2.75) is 32.7 Å². The lowest BCUT2D eigenvalue weighted by atomic mass is 10.1. The highest BCUT2D eigenvalue weighted by molar-refractivity contribution is 5.60. The zero-order chi connectivity index (χ0) is 14.3. The summed E-state index contributed by atoms with van der Waals surface area (Å²) in [6, 6.07) is 9.08. The fourth-order valence-corrected chi connectivity index (χ4v) is 2.92. The van der Waals surface area contributed by atoms with Crippen LogP contribution in [0, 0.1) is 19.7 Å². The van der Waals surface area contributed by atoms with E-state index in [2.05, 4.69) is 5.32 Å². The molecule has 1 atom stereocenters. The molecule has 20 heavy (non-hydrogen) atoms. The van der Waals surface area contributed by atoms with Gasteiger partial charge in [0.1, 0.15) is 11.6 Å². The van der Waals surface area contributed by atoms with Gasteiger partial charge in [-0.2, -0.15) is 0 Å². The number of anilines is 1. The Morgan fingerprint density at radius 3 is 2.80 bits per heavy atom. The van der Waals surface area contributed by atoms with Crippen molar-refractivity contribution >= 4 is 5.69 Å². The third-order valence-corrected chi connectivity index (χ3v) is 4.15. The third-order valence-electron chi connectivity index (χ3n) is 4.15. The van der Waals surface area contributed by atoms with Gasteiger partial charge in [0.15, 0.2) is 0 Å². The predicted octanol–water partition coefficient (Wildman–Crippen LogP) is 4.25. The molecule has 104 valence electrons. The van der Waals surface area contributed by atoms with Crippen LogP contribution in [0.2, 0.25) is 0 Å². The van der Waals surface area contributed by atoms with Crippen molar-refractivity contribution in [3.05, 3.63) is 58.4 Å². The van der Waals surface area contributed by atoms with Crippen LogP contribution in [0.4, 0.5) is 10.1 Å². The molecule has 2 nitrogen and oxygen atoms in total. The van der Waals surface area contributed by atoms with E-state index in [0.717, 1.165) is 40.8 Å². The lowest BCUT2D eigenvalue weighted by Crippen LogP contribution is -2.08. The van der Waals surface area contributed by atoms with Crippen molar-refractivity contribution in [2.75, 3.05) is 5.32 Å². The van der Waals surface area contributed by atoms with Crippen molar-refractivity contribution in [2.24, 2.45) is 0 Å². The summed E-state index contributed by atoms with van der Waals surface area (Å²) in [5, 5.41) is 13.5. The quantitative estimate of drug-likeness (QED) is 0.856. The number of hydrogen-bond donors (Lipinski definition) is 2. The first-order valence-corrected chi connectivity index (χ1v) is 6.90. The van der Waals surface area contributed by atoms with Crippen LogP contribution in [0.25, 0.3) is 0 Å². The smallest absolute Gasteiger partial charge is 0.123 e. The van der Waals surface area contributed by atoms with Crippen LogP contribution in [0.1, 0.15) is 34.7 Å². The maximum atomic E-state index is 13.2. The number of hydrogen-bond acceptors (Lipinski definition) is 2. The monoisotopic (exact) mass is 271 g/mol. The Bertz CT molecular complexity index is 666. The van der Waals surface area contributed by atoms with E-state index in [4.69, 9.17) is 0 Å². The normalized spacial score (nSPS) is 17.1. The highest BCUT2D eigenvalue weighted by atomic mass is 19.1. The molecule has 1 aliphatic rings. The van der Waals surface area contributed by atoms with Gasteiger partial charge in [0.2, 0.25) is 0 Å². The van der Waals surface area contributed by atoms with Crippen LogP contribution in [0.5, 0.6) is 5.75 Å². The van der Waals surface area contributed by atoms with Gasteiger partial charge in [0.25, 0.3) is 0 Å². The molecule has 0 radical (unpaired) electrons. The van der Waals surface area contributed by atoms with E-state index in [9.17, 15) is 9.50 Å². The largest absolute Gasteiger partial charge is 0.507 e. The second-order valence-electron chi connectivity index (χ2n) is 5.48. The average molecular weight is 271 g/mol. The molecule has 0 bridgehead atoms. The minimum Gasteiger partial charge on any atom is -0.507 e. The molecule has 0 amide bonds. The number of aromatic hydroxyl groups is 1. The number of rotatable bonds is 2. The van der Waals surface area contributed by atoms with E-state index in [1.165, 1.54) is 6.07 Å². The Labute approximate surface area is 118 Å². The first-order valence-electron chi connectivity index (χ1n) is 6.90. The molecule has 1 unspecified atom stereocenters. The van der Waals surface area contributed by atoms with E-state index in [0.29, 0.717) is 5.75 Å². The third kappa shape index (κ3) is 2.13. The number of nitrogens with one attached hydrogen (secondary N) is 1. The van der Waals surface area contributed by atoms with Crippen LogP contribution in [0.3, 0.4) is 0 Å². The second-order valence-corrected chi connectivity index (χ2v) is 5.48. The van der Waals surface area contributed by atoms with E-state index in [1.807, 2.05) is 32.0 Å². The number of aryl methyl sites for hydroxylation is 2. The second kappa shape index (κ2) is 4.82. The Morgan fingerprint density at radius 2 is 2.00 bits per heavy atom. The zero-order valence-electron chi connectivity index (χ0n) is 11.7. The van der Waals surface area contributed by atoms with Gasteiger partial charge in [-0.3, -0.25) is 0 Å². The van der Waals surface area contributed by atoms with Gasteiger partial charge in [0.05, 0.1) is 6.04 Å². The Kier molecular flexibility index (Phi) is 3.13. The lowest BCUT2D eigenvalue weighted by molar-refractivity contribution is 0.467. The number of fused-ring (bicyclic) bond motifs is 1. The van der Waals surface area contributed by atoms with Gasteiger partial charge in [-0.15, -0.1) is 0 Å². The molecular formula is C17H18FNO. The number of phenolic OH excluding ortho intramolecular Hbond substituents is 1. The summed E-state index contributed by atoms with van der Waals surface area (Å²) in [5.41, 5.74) is 4.92. The SMILES string of the molecule is Cc1ccc(NC2CCc3cc(F)ccc32)c(C)c1O. The molecule has 1 aliphatic carbocycles. The fraction of sp³-hybridized carbons (Fsp3) is 0.294. The molecule has 0 aromatic heterocycles. The van der Waals surface area contributed by atoms with Crippen molar-refractivity contribution < 1.29 is 9.50 Å². The maximum absolute atomic E-state index is 13.2. The van der Waals surface area contributed by atoms with E-state index >= 15 is 0 Å². The summed E-state index contributed by atoms with van der Waals surface area (Å²) in [5.74, 6) is 0.167. The molecule has 0 heterocycles. The van der Waals surface area contributed by atoms with Crippen LogP contribution in [0.15, 0.2) is 30.3 Å². The standard InChI is InChI=1S/C17H18FNO/c1-10-3-7-15(11(2)17(10)20)19-16-8-4-12-9-13(18)5-6-14(12)16/h3,5-7,9,16,19-20H,4,8H2,1-2H3. The summed E-state index contributed by atoms with van der Waals surface area (Å²) >= 11 is 0. The van der Waals surface area contributed by atoms with Gasteiger partial charge < -0.3 is 10.4 Å². The van der Waals surface area contributed by atoms with Gasteiger partial charge in [0, 0.05) is 11.3 Å². The molecule has 3 heteroatoms. The highest BCUT2D eigenvalue weighted by Crippen LogP contribution is 2.36. The Hall–Kier alpha value is -2.03. The van der Waals surface area contributed by atoms with E-state index in [-0.39, 0.29) is 11.9 Å². The molecule has 0 spiro atoms. The van der Waals surface area contributed by atoms with Crippen molar-refractivity contribution in [1.29, 1.82) is 0 Å². The molecular weight excluding hydrogens is 253 g/mol. The van der Waals surface area contributed by atoms with Crippen molar-refractivity contribution in [1.82, 2.24) is 0 Å². The molecule has 0 fully saturated rings. The van der Waals surface area contributed by atoms with E-state index in [1.54, 1.807) is 6.07 Å². The molecule has 2 aromatic rings. The number of halogens is 1. The summed E-state index contributed by atoms with van der Waals surface area (Å²) in [7, 11) is 0. The first-order chi connectivity index (χ1) is 9.56. The molecule has 2 N–H and O–H groups in total. The molecule has 3 rings (SSSR count). The highest BCUT2D eigenvalue weighted by Gasteiger charge is 2.23. The molecule has 0 saturated heterocycles. The summed E-state index contributed by atoms with van der Waals surface area (Å²) in [6.45, 7) is 3.80. The van der Waals surface area contributed by atoms with Gasteiger partial charge >= 0.3 is 0 Å². The number of benzene rings is 2. The zero-order valence-corrected chi connectivity index (χ0v) is 11.7. The van der Waals surface area contributed by atoms with Gasteiger partial charge in [-0.1, -0.05) is 12.1 Å². The Balaban J connectivity index is 1.90. The van der Waals surface area contributed by atoms with Crippen LogP contribution >= 0.6 is 0 Å². The Morgan fingerprint density at radius 1 is 1.20 bits per heavy atom. The molecule has 0 aliphatic heterocycles. The average Bonchev–Trinajstić information content (AvgIpc) is 2.82. The number of phenols is 1. The lowest BCUT2D eigenvalue weighted by Gasteiger charge is -2.18. The van der Waals surface area contributed by atoms with E-state index < -0.39 is 0 Å². The molecule has 0 saturated carbocycles. The van der Waals surface area contributed by atoms with Crippen molar-refractivity contribution in [3.8, 4) is 5.75 Å². The molecule has 2 aromatic carbocycles. The minimum absolute atomic E-state index is 0.173. The van der Waals surface area contributed by atoms with Crippen LogP contribution < -0.4 is 5.32 Å². The van der Waals surface area contributed by atoms with Gasteiger partial charge in [-0.05, 0) is 61.6 Å². The van der Waals surface area contributed by atoms with Crippen molar-refractivity contribution in [3.63, 3.8) is 0 Å². The van der Waals surface area contributed by atoms with Crippen LogP contribution in [-0.4, -0.2) is 5.11 Å². The summed E-state index contributed by atoms with van der Waals surface area (Å²) < 4.78 is 13.2. The summed E-state index contributed by atoms with van der Waals surface area (Å²) in [6.07, 6.45) is 1.84. The van der Waals surface area contributed by atoms with Crippen LogP contribution in [-0.2, 0) is 6.42 Å². The first kappa shape index (κ1) is 13.0.